The average molecular weight is 397 g/mol. The molecule has 1 aliphatic rings. The first-order chi connectivity index (χ1) is 9.36. The molecule has 0 aliphatic heterocycles. The minimum Gasteiger partial charge on any atom is -0.382 e. The van der Waals surface area contributed by atoms with Gasteiger partial charge in [-0.15, -0.1) is 24.0 Å². The van der Waals surface area contributed by atoms with Gasteiger partial charge in [-0.3, -0.25) is 4.99 Å². The molecule has 1 aliphatic carbocycles. The SMILES string of the molecule is CCNC(=NCCCOCCOC)NC1CC=CC1.I. The molecule has 0 heterocycles. The smallest absolute Gasteiger partial charge is 0.191 e. The van der Waals surface area contributed by atoms with Crippen LogP contribution in [0.2, 0.25) is 0 Å². The molecule has 1 rings (SSSR count). The van der Waals surface area contributed by atoms with Crippen LogP contribution in [0.25, 0.3) is 0 Å². The number of methoxy groups -OCH3 is 1. The van der Waals surface area contributed by atoms with Crippen molar-refractivity contribution < 1.29 is 9.47 Å². The normalized spacial score (nSPS) is 15.2. The summed E-state index contributed by atoms with van der Waals surface area (Å²) < 4.78 is 10.3. The Kier molecular flexibility index (Phi) is 13.4. The van der Waals surface area contributed by atoms with E-state index in [-0.39, 0.29) is 24.0 Å². The van der Waals surface area contributed by atoms with Gasteiger partial charge in [0.25, 0.3) is 0 Å². The van der Waals surface area contributed by atoms with E-state index < -0.39 is 0 Å². The number of hydrogen-bond donors (Lipinski definition) is 2. The summed E-state index contributed by atoms with van der Waals surface area (Å²) in [4.78, 5) is 4.55. The van der Waals surface area contributed by atoms with Crippen LogP contribution in [-0.2, 0) is 9.47 Å². The number of ether oxygens (including phenoxy) is 2. The van der Waals surface area contributed by atoms with E-state index in [0.29, 0.717) is 19.3 Å². The lowest BCUT2D eigenvalue weighted by Crippen LogP contribution is -2.42. The van der Waals surface area contributed by atoms with Gasteiger partial charge in [-0.05, 0) is 26.2 Å². The van der Waals surface area contributed by atoms with Crippen molar-refractivity contribution in [2.75, 3.05) is 40.0 Å². The Morgan fingerprint density at radius 2 is 2.00 bits per heavy atom. The van der Waals surface area contributed by atoms with Gasteiger partial charge in [0.1, 0.15) is 0 Å². The van der Waals surface area contributed by atoms with Gasteiger partial charge in [0.2, 0.25) is 0 Å². The van der Waals surface area contributed by atoms with Crippen molar-refractivity contribution in [1.82, 2.24) is 10.6 Å². The lowest BCUT2D eigenvalue weighted by atomic mass is 10.2. The van der Waals surface area contributed by atoms with E-state index in [4.69, 9.17) is 9.47 Å². The molecule has 5 nitrogen and oxygen atoms in total. The maximum atomic E-state index is 5.40. The highest BCUT2D eigenvalue weighted by Gasteiger charge is 2.10. The van der Waals surface area contributed by atoms with Gasteiger partial charge >= 0.3 is 0 Å². The van der Waals surface area contributed by atoms with E-state index in [0.717, 1.165) is 44.9 Å². The number of nitrogens with zero attached hydrogens (tertiary/aromatic N) is 1. The molecule has 0 fully saturated rings. The van der Waals surface area contributed by atoms with Crippen molar-refractivity contribution in [3.63, 3.8) is 0 Å². The molecular weight excluding hydrogens is 369 g/mol. The number of halogens is 1. The van der Waals surface area contributed by atoms with E-state index in [1.807, 2.05) is 0 Å². The van der Waals surface area contributed by atoms with Gasteiger partial charge in [-0.2, -0.15) is 0 Å². The maximum absolute atomic E-state index is 5.40. The third kappa shape index (κ3) is 9.55. The van der Waals surface area contributed by atoms with Crippen LogP contribution in [0.5, 0.6) is 0 Å². The Balaban J connectivity index is 0.00000361. The van der Waals surface area contributed by atoms with Crippen molar-refractivity contribution in [3.05, 3.63) is 12.2 Å². The Labute approximate surface area is 139 Å². The highest BCUT2D eigenvalue weighted by molar-refractivity contribution is 14.0. The quantitative estimate of drug-likeness (QED) is 0.205. The molecule has 20 heavy (non-hydrogen) atoms. The molecule has 0 amide bonds. The molecule has 118 valence electrons. The van der Waals surface area contributed by atoms with Crippen LogP contribution in [0.15, 0.2) is 17.1 Å². The average Bonchev–Trinajstić information content (AvgIpc) is 2.91. The third-order valence-electron chi connectivity index (χ3n) is 2.84. The number of hydrogen-bond acceptors (Lipinski definition) is 3. The summed E-state index contributed by atoms with van der Waals surface area (Å²) in [6.07, 6.45) is 7.54. The minimum absolute atomic E-state index is 0. The van der Waals surface area contributed by atoms with Crippen molar-refractivity contribution in [2.24, 2.45) is 4.99 Å². The second kappa shape index (κ2) is 13.6. The van der Waals surface area contributed by atoms with E-state index in [9.17, 15) is 0 Å². The van der Waals surface area contributed by atoms with Gasteiger partial charge in [0, 0.05) is 32.8 Å². The summed E-state index contributed by atoms with van der Waals surface area (Å²) in [5, 5.41) is 6.71. The summed E-state index contributed by atoms with van der Waals surface area (Å²) in [7, 11) is 1.68. The maximum Gasteiger partial charge on any atom is 0.191 e. The standard InChI is InChI=1S/C14H27N3O2.HI/c1-3-15-14(17-13-7-4-5-8-13)16-9-6-10-19-12-11-18-2;/h4-5,13H,3,6-12H2,1-2H3,(H2,15,16,17);1H. The fourth-order valence-electron chi connectivity index (χ4n) is 1.85. The largest absolute Gasteiger partial charge is 0.382 e. The molecule has 0 aromatic heterocycles. The molecule has 0 aromatic rings. The zero-order valence-corrected chi connectivity index (χ0v) is 14.9. The first kappa shape index (κ1) is 19.7. The van der Waals surface area contributed by atoms with Crippen LogP contribution in [0, 0.1) is 0 Å². The summed E-state index contributed by atoms with van der Waals surface area (Å²) >= 11 is 0. The number of aliphatic imine (C=N–C) groups is 1. The molecule has 0 bridgehead atoms. The summed E-state index contributed by atoms with van der Waals surface area (Å²) in [5.74, 6) is 0.910. The first-order valence-electron chi connectivity index (χ1n) is 7.13. The third-order valence-corrected chi connectivity index (χ3v) is 2.84. The van der Waals surface area contributed by atoms with Crippen LogP contribution < -0.4 is 10.6 Å². The van der Waals surface area contributed by atoms with E-state index in [2.05, 4.69) is 34.7 Å². The monoisotopic (exact) mass is 397 g/mol. The summed E-state index contributed by atoms with van der Waals surface area (Å²) in [6, 6.07) is 0.496. The van der Waals surface area contributed by atoms with Gasteiger partial charge < -0.3 is 20.1 Å². The van der Waals surface area contributed by atoms with Crippen LogP contribution in [0.3, 0.4) is 0 Å². The first-order valence-corrected chi connectivity index (χ1v) is 7.13. The molecule has 6 heteroatoms. The predicted molar refractivity (Wildman–Crippen MR) is 94.0 cm³/mol. The summed E-state index contributed by atoms with van der Waals surface area (Å²) in [6.45, 7) is 5.79. The molecule has 0 radical (unpaired) electrons. The topological polar surface area (TPSA) is 54.9 Å². The number of guanidine groups is 1. The van der Waals surface area contributed by atoms with Crippen LogP contribution in [-0.4, -0.2) is 52.0 Å². The zero-order valence-electron chi connectivity index (χ0n) is 12.6. The Morgan fingerprint density at radius 1 is 1.25 bits per heavy atom. The second-order valence-corrected chi connectivity index (χ2v) is 4.50. The molecule has 2 N–H and O–H groups in total. The van der Waals surface area contributed by atoms with E-state index in [1.54, 1.807) is 7.11 Å². The van der Waals surface area contributed by atoms with E-state index >= 15 is 0 Å². The predicted octanol–water partition coefficient (Wildman–Crippen LogP) is 1.93. The van der Waals surface area contributed by atoms with Crippen molar-refractivity contribution in [1.29, 1.82) is 0 Å². The van der Waals surface area contributed by atoms with Crippen LogP contribution >= 0.6 is 24.0 Å². The molecule has 0 saturated carbocycles. The van der Waals surface area contributed by atoms with Crippen molar-refractivity contribution in [2.45, 2.75) is 32.2 Å². The fraction of sp³-hybridized carbons (Fsp3) is 0.786. The second-order valence-electron chi connectivity index (χ2n) is 4.50. The molecule has 0 spiro atoms. The van der Waals surface area contributed by atoms with Gasteiger partial charge in [0.15, 0.2) is 5.96 Å². The molecule has 0 saturated heterocycles. The summed E-state index contributed by atoms with van der Waals surface area (Å²) in [5.41, 5.74) is 0. The Morgan fingerprint density at radius 3 is 2.65 bits per heavy atom. The zero-order chi connectivity index (χ0) is 13.8. The van der Waals surface area contributed by atoms with Crippen LogP contribution in [0.1, 0.15) is 26.2 Å². The Hall–Kier alpha value is -0.340. The van der Waals surface area contributed by atoms with Gasteiger partial charge in [0.05, 0.1) is 13.2 Å². The van der Waals surface area contributed by atoms with Crippen LogP contribution in [0.4, 0.5) is 0 Å². The van der Waals surface area contributed by atoms with Crippen molar-refractivity contribution in [3.8, 4) is 0 Å². The molecule has 0 atom stereocenters. The lowest BCUT2D eigenvalue weighted by molar-refractivity contribution is 0.0702. The van der Waals surface area contributed by atoms with Gasteiger partial charge in [-0.25, -0.2) is 0 Å². The minimum atomic E-state index is 0. The lowest BCUT2D eigenvalue weighted by Gasteiger charge is -2.16. The number of nitrogens with one attached hydrogen (secondary N) is 2. The highest BCUT2D eigenvalue weighted by atomic mass is 127. The molecular formula is C14H28IN3O2. The van der Waals surface area contributed by atoms with E-state index in [1.165, 1.54) is 0 Å². The Bertz CT molecular complexity index is 278. The van der Waals surface area contributed by atoms with Crippen molar-refractivity contribution >= 4 is 29.9 Å². The molecule has 0 aromatic carbocycles. The van der Waals surface area contributed by atoms with Gasteiger partial charge in [-0.1, -0.05) is 12.2 Å². The highest BCUT2D eigenvalue weighted by Crippen LogP contribution is 2.08. The number of rotatable bonds is 9. The molecule has 0 unspecified atom stereocenters. The fourth-order valence-corrected chi connectivity index (χ4v) is 1.85.